The van der Waals surface area contributed by atoms with Crippen molar-refractivity contribution in [1.82, 2.24) is 4.98 Å². The third-order valence-corrected chi connectivity index (χ3v) is 2.38. The quantitative estimate of drug-likeness (QED) is 0.593. The molecule has 0 radical (unpaired) electrons. The zero-order valence-electron chi connectivity index (χ0n) is 6.22. The van der Waals surface area contributed by atoms with Gasteiger partial charge in [0.15, 0.2) is 0 Å². The molecule has 0 aromatic carbocycles. The minimum atomic E-state index is 0.312. The number of nitrogens with zero attached hydrogens (tertiary/aromatic N) is 2. The number of rotatable bonds is 2. The number of nitriles is 1. The average Bonchev–Trinajstić information content (AvgIpc) is 2.09. The van der Waals surface area contributed by atoms with Gasteiger partial charge in [-0.2, -0.15) is 5.26 Å². The van der Waals surface area contributed by atoms with Crippen molar-refractivity contribution in [2.45, 2.75) is 11.8 Å². The van der Waals surface area contributed by atoms with Crippen LogP contribution in [-0.4, -0.2) is 4.98 Å². The summed E-state index contributed by atoms with van der Waals surface area (Å²) in [5.74, 6) is 0. The molecule has 12 heavy (non-hydrogen) atoms. The van der Waals surface area contributed by atoms with E-state index in [1.807, 2.05) is 12.1 Å². The van der Waals surface area contributed by atoms with Crippen LogP contribution < -0.4 is 0 Å². The van der Waals surface area contributed by atoms with Crippen molar-refractivity contribution in [3.05, 3.63) is 28.5 Å². The van der Waals surface area contributed by atoms with Crippen molar-refractivity contribution < 1.29 is 0 Å². The highest BCUT2D eigenvalue weighted by atomic mass is 79.9. The van der Waals surface area contributed by atoms with Gasteiger partial charge < -0.3 is 0 Å². The monoisotopic (exact) mass is 244 g/mol. The van der Waals surface area contributed by atoms with E-state index in [1.54, 1.807) is 6.20 Å². The van der Waals surface area contributed by atoms with E-state index in [4.69, 9.17) is 16.9 Å². The van der Waals surface area contributed by atoms with Gasteiger partial charge in [-0.25, -0.2) is 4.98 Å². The largest absolute Gasteiger partial charge is 0.244 e. The Morgan fingerprint density at radius 1 is 1.67 bits per heavy atom. The number of pyridine rings is 1. The first-order valence-electron chi connectivity index (χ1n) is 3.34. The van der Waals surface area contributed by atoms with E-state index in [2.05, 4.69) is 20.9 Å². The molecule has 1 aromatic heterocycles. The van der Waals surface area contributed by atoms with E-state index >= 15 is 0 Å². The summed E-state index contributed by atoms with van der Waals surface area (Å²) in [4.78, 5) is 3.95. The molecule has 0 spiro atoms. The van der Waals surface area contributed by atoms with Crippen molar-refractivity contribution in [3.8, 4) is 6.07 Å². The lowest BCUT2D eigenvalue weighted by Crippen LogP contribution is -1.90. The van der Waals surface area contributed by atoms with E-state index in [1.165, 1.54) is 0 Å². The molecule has 0 unspecified atom stereocenters. The second-order valence-corrected chi connectivity index (χ2v) is 3.18. The molecular formula is C8H6BrClN2. The Hall–Kier alpha value is -0.590. The SMILES string of the molecule is N#CCc1cc(CBr)cnc1Cl. The number of hydrogen-bond donors (Lipinski definition) is 0. The first-order valence-corrected chi connectivity index (χ1v) is 4.84. The van der Waals surface area contributed by atoms with Crippen LogP contribution in [0.4, 0.5) is 0 Å². The maximum Gasteiger partial charge on any atom is 0.133 e. The van der Waals surface area contributed by atoms with E-state index in [0.717, 1.165) is 16.5 Å². The van der Waals surface area contributed by atoms with Gasteiger partial charge in [-0.3, -0.25) is 0 Å². The highest BCUT2D eigenvalue weighted by molar-refractivity contribution is 9.08. The summed E-state index contributed by atoms with van der Waals surface area (Å²) in [6, 6.07) is 3.92. The Morgan fingerprint density at radius 2 is 2.42 bits per heavy atom. The molecule has 0 saturated heterocycles. The minimum Gasteiger partial charge on any atom is -0.244 e. The van der Waals surface area contributed by atoms with Crippen LogP contribution in [0.15, 0.2) is 12.3 Å². The van der Waals surface area contributed by atoms with Gasteiger partial charge in [-0.05, 0) is 11.6 Å². The fourth-order valence-electron chi connectivity index (χ4n) is 0.825. The third kappa shape index (κ3) is 2.20. The zero-order valence-corrected chi connectivity index (χ0v) is 8.56. The fourth-order valence-corrected chi connectivity index (χ4v) is 1.30. The molecule has 1 heterocycles. The van der Waals surface area contributed by atoms with E-state index < -0.39 is 0 Å². The van der Waals surface area contributed by atoms with Crippen LogP contribution in [-0.2, 0) is 11.8 Å². The van der Waals surface area contributed by atoms with Crippen LogP contribution in [0.3, 0.4) is 0 Å². The van der Waals surface area contributed by atoms with Crippen LogP contribution in [0.25, 0.3) is 0 Å². The standard InChI is InChI=1S/C8H6BrClN2/c9-4-6-3-7(1-2-11)8(10)12-5-6/h3,5H,1,4H2. The van der Waals surface area contributed by atoms with Gasteiger partial charge in [0.1, 0.15) is 5.15 Å². The number of hydrogen-bond acceptors (Lipinski definition) is 2. The summed E-state index contributed by atoms with van der Waals surface area (Å²) in [7, 11) is 0. The molecule has 0 aliphatic heterocycles. The summed E-state index contributed by atoms with van der Waals surface area (Å²) in [5.41, 5.74) is 1.82. The van der Waals surface area contributed by atoms with Crippen molar-refractivity contribution in [2.75, 3.05) is 0 Å². The third-order valence-electron chi connectivity index (χ3n) is 1.39. The molecule has 1 rings (SSSR count). The Kier molecular flexibility index (Phi) is 3.51. The molecule has 0 aliphatic rings. The topological polar surface area (TPSA) is 36.7 Å². The maximum atomic E-state index is 8.46. The van der Waals surface area contributed by atoms with Crippen LogP contribution in [0, 0.1) is 11.3 Å². The highest BCUT2D eigenvalue weighted by Crippen LogP contribution is 2.16. The van der Waals surface area contributed by atoms with Crippen LogP contribution in [0.1, 0.15) is 11.1 Å². The molecule has 0 saturated carbocycles. The number of halogens is 2. The lowest BCUT2D eigenvalue weighted by molar-refractivity contribution is 1.16. The molecule has 0 amide bonds. The van der Waals surface area contributed by atoms with Crippen molar-refractivity contribution in [3.63, 3.8) is 0 Å². The molecule has 62 valence electrons. The molecule has 4 heteroatoms. The van der Waals surface area contributed by atoms with Crippen molar-refractivity contribution in [2.24, 2.45) is 0 Å². The summed E-state index contributed by atoms with van der Waals surface area (Å²) >= 11 is 9.06. The summed E-state index contributed by atoms with van der Waals surface area (Å²) in [6.45, 7) is 0. The molecule has 0 fully saturated rings. The summed E-state index contributed by atoms with van der Waals surface area (Å²) in [6.07, 6.45) is 2.00. The van der Waals surface area contributed by atoms with E-state index in [-0.39, 0.29) is 0 Å². The van der Waals surface area contributed by atoms with Crippen molar-refractivity contribution >= 4 is 27.5 Å². The van der Waals surface area contributed by atoms with Gasteiger partial charge in [0, 0.05) is 17.1 Å². The molecule has 2 nitrogen and oxygen atoms in total. The number of alkyl halides is 1. The van der Waals surface area contributed by atoms with Crippen LogP contribution in [0.2, 0.25) is 5.15 Å². The Labute approximate surface area is 84.3 Å². The molecule has 0 N–H and O–H groups in total. The van der Waals surface area contributed by atoms with Gasteiger partial charge in [0.2, 0.25) is 0 Å². The average molecular weight is 246 g/mol. The zero-order chi connectivity index (χ0) is 8.97. The summed E-state index contributed by atoms with van der Waals surface area (Å²) < 4.78 is 0. The molecule has 0 bridgehead atoms. The molecule has 0 aliphatic carbocycles. The Balaban J connectivity index is 3.01. The van der Waals surface area contributed by atoms with Gasteiger partial charge in [0.05, 0.1) is 12.5 Å². The maximum absolute atomic E-state index is 8.46. The smallest absolute Gasteiger partial charge is 0.133 e. The van der Waals surface area contributed by atoms with Crippen LogP contribution >= 0.6 is 27.5 Å². The minimum absolute atomic E-state index is 0.312. The van der Waals surface area contributed by atoms with E-state index in [9.17, 15) is 0 Å². The van der Waals surface area contributed by atoms with Gasteiger partial charge in [0.25, 0.3) is 0 Å². The molecule has 0 atom stereocenters. The first-order chi connectivity index (χ1) is 5.77. The lowest BCUT2D eigenvalue weighted by atomic mass is 10.2. The predicted octanol–water partition coefficient (Wildman–Crippen LogP) is 2.70. The Bertz CT molecular complexity index is 319. The highest BCUT2D eigenvalue weighted by Gasteiger charge is 2.01. The molecular weight excluding hydrogens is 239 g/mol. The van der Waals surface area contributed by atoms with Crippen LogP contribution in [0.5, 0.6) is 0 Å². The number of aromatic nitrogens is 1. The van der Waals surface area contributed by atoms with Gasteiger partial charge in [-0.1, -0.05) is 27.5 Å². The fraction of sp³-hybridized carbons (Fsp3) is 0.250. The second-order valence-electron chi connectivity index (χ2n) is 2.26. The van der Waals surface area contributed by atoms with E-state index in [0.29, 0.717) is 11.6 Å². The Morgan fingerprint density at radius 3 is 3.00 bits per heavy atom. The second kappa shape index (κ2) is 4.44. The lowest BCUT2D eigenvalue weighted by Gasteiger charge is -2.00. The van der Waals surface area contributed by atoms with Gasteiger partial charge in [-0.15, -0.1) is 0 Å². The first kappa shape index (κ1) is 9.50. The normalized spacial score (nSPS) is 9.42. The summed E-state index contributed by atoms with van der Waals surface area (Å²) in [5, 5.41) is 9.61. The van der Waals surface area contributed by atoms with Crippen molar-refractivity contribution in [1.29, 1.82) is 5.26 Å². The molecule has 1 aromatic rings. The van der Waals surface area contributed by atoms with Gasteiger partial charge >= 0.3 is 0 Å². The predicted molar refractivity (Wildman–Crippen MR) is 51.2 cm³/mol.